The Bertz CT molecular complexity index is 673. The number of hydrogen-bond donors (Lipinski definition) is 3. The van der Waals surface area contributed by atoms with Gasteiger partial charge in [-0.2, -0.15) is 0 Å². The van der Waals surface area contributed by atoms with Crippen LogP contribution in [0.1, 0.15) is 28.4 Å². The molecule has 20 heavy (non-hydrogen) atoms. The van der Waals surface area contributed by atoms with Gasteiger partial charge in [0.2, 0.25) is 10.0 Å². The average molecular weight is 313 g/mol. The highest BCUT2D eigenvalue weighted by Gasteiger charge is 2.20. The van der Waals surface area contributed by atoms with Gasteiger partial charge in [0.1, 0.15) is 0 Å². The maximum Gasteiger partial charge on any atom is 0.242 e. The Labute approximate surface area is 123 Å². The highest BCUT2D eigenvalue weighted by atomic mass is 32.2. The molecule has 0 bridgehead atoms. The van der Waals surface area contributed by atoms with Crippen molar-refractivity contribution in [2.75, 3.05) is 7.05 Å². The summed E-state index contributed by atoms with van der Waals surface area (Å²) in [5.41, 5.74) is 0.840. The van der Waals surface area contributed by atoms with Crippen LogP contribution in [0.4, 0.5) is 0 Å². The Balaban J connectivity index is 2.13. The van der Waals surface area contributed by atoms with Gasteiger partial charge in [0.25, 0.3) is 0 Å². The predicted octanol–water partition coefficient (Wildman–Crippen LogP) is 2.14. The normalized spacial score (nSPS) is 13.6. The Kier molecular flexibility index (Phi) is 4.64. The summed E-state index contributed by atoms with van der Waals surface area (Å²) >= 11 is 1.60. The van der Waals surface area contributed by atoms with Gasteiger partial charge in [-0.15, -0.1) is 11.3 Å². The lowest BCUT2D eigenvalue weighted by Crippen LogP contribution is -2.26. The molecule has 3 N–H and O–H groups in total. The SMILES string of the molecule is CNCc1cc(S(=O)(=O)NC(C)c2ccc(C)s2)c[nH]1. The first-order chi connectivity index (χ1) is 9.42. The Morgan fingerprint density at radius 2 is 2.15 bits per heavy atom. The second-order valence-corrected chi connectivity index (χ2v) is 7.72. The lowest BCUT2D eigenvalue weighted by atomic mass is 10.3. The number of sulfonamides is 1. The molecule has 1 unspecified atom stereocenters. The van der Waals surface area contributed by atoms with Crippen LogP contribution in [-0.4, -0.2) is 20.4 Å². The molecule has 0 saturated heterocycles. The number of rotatable bonds is 6. The molecule has 0 aliphatic rings. The zero-order chi connectivity index (χ0) is 14.8. The van der Waals surface area contributed by atoms with Crippen molar-refractivity contribution >= 4 is 21.4 Å². The van der Waals surface area contributed by atoms with Crippen LogP contribution in [0.25, 0.3) is 0 Å². The zero-order valence-electron chi connectivity index (χ0n) is 11.7. The molecule has 0 aromatic carbocycles. The fourth-order valence-electron chi connectivity index (χ4n) is 1.91. The monoisotopic (exact) mass is 313 g/mol. The van der Waals surface area contributed by atoms with E-state index < -0.39 is 10.0 Å². The maximum absolute atomic E-state index is 12.3. The van der Waals surface area contributed by atoms with Gasteiger partial charge in [-0.3, -0.25) is 0 Å². The quantitative estimate of drug-likeness (QED) is 0.765. The minimum absolute atomic E-state index is 0.235. The van der Waals surface area contributed by atoms with Gasteiger partial charge < -0.3 is 10.3 Å². The third kappa shape index (κ3) is 3.49. The zero-order valence-corrected chi connectivity index (χ0v) is 13.4. The van der Waals surface area contributed by atoms with Gasteiger partial charge in [0.05, 0.1) is 10.9 Å². The number of hydrogen-bond acceptors (Lipinski definition) is 4. The van der Waals surface area contributed by atoms with Crippen LogP contribution in [0.15, 0.2) is 29.3 Å². The minimum Gasteiger partial charge on any atom is -0.363 e. The number of aromatic amines is 1. The molecule has 0 aliphatic carbocycles. The summed E-state index contributed by atoms with van der Waals surface area (Å²) < 4.78 is 27.3. The van der Waals surface area contributed by atoms with Gasteiger partial charge >= 0.3 is 0 Å². The van der Waals surface area contributed by atoms with Gasteiger partial charge in [-0.05, 0) is 39.1 Å². The number of thiophene rings is 1. The van der Waals surface area contributed by atoms with E-state index in [1.54, 1.807) is 17.4 Å². The van der Waals surface area contributed by atoms with Crippen LogP contribution in [0.3, 0.4) is 0 Å². The molecule has 5 nitrogen and oxygen atoms in total. The third-order valence-corrected chi connectivity index (χ3v) is 5.62. The maximum atomic E-state index is 12.3. The first-order valence-electron chi connectivity index (χ1n) is 6.33. The number of nitrogens with one attached hydrogen (secondary N) is 3. The summed E-state index contributed by atoms with van der Waals surface area (Å²) in [4.78, 5) is 5.40. The Morgan fingerprint density at radius 3 is 2.75 bits per heavy atom. The summed E-state index contributed by atoms with van der Waals surface area (Å²) in [5, 5.41) is 2.97. The molecule has 2 aromatic heterocycles. The molecule has 2 aromatic rings. The van der Waals surface area contributed by atoms with Gasteiger partial charge in [-0.25, -0.2) is 13.1 Å². The van der Waals surface area contributed by atoms with Crippen LogP contribution >= 0.6 is 11.3 Å². The van der Waals surface area contributed by atoms with E-state index in [1.807, 2.05) is 33.0 Å². The van der Waals surface area contributed by atoms with Crippen molar-refractivity contribution in [3.05, 3.63) is 39.8 Å². The molecular weight excluding hydrogens is 294 g/mol. The van der Waals surface area contributed by atoms with Crippen molar-refractivity contribution in [2.45, 2.75) is 31.3 Å². The molecule has 0 aliphatic heterocycles. The van der Waals surface area contributed by atoms with Crippen LogP contribution < -0.4 is 10.0 Å². The highest BCUT2D eigenvalue weighted by molar-refractivity contribution is 7.89. The summed E-state index contributed by atoms with van der Waals surface area (Å²) in [6, 6.07) is 5.36. The molecule has 0 amide bonds. The lowest BCUT2D eigenvalue weighted by molar-refractivity contribution is 0.568. The fraction of sp³-hybridized carbons (Fsp3) is 0.385. The van der Waals surface area contributed by atoms with E-state index >= 15 is 0 Å². The number of aromatic nitrogens is 1. The van der Waals surface area contributed by atoms with E-state index in [1.165, 1.54) is 11.1 Å². The second-order valence-electron chi connectivity index (χ2n) is 4.68. The van der Waals surface area contributed by atoms with E-state index in [0.717, 1.165) is 10.6 Å². The Hall–Kier alpha value is -1.15. The van der Waals surface area contributed by atoms with E-state index in [-0.39, 0.29) is 10.9 Å². The molecule has 0 spiro atoms. The van der Waals surface area contributed by atoms with Crippen LogP contribution in [0.2, 0.25) is 0 Å². The largest absolute Gasteiger partial charge is 0.363 e. The summed E-state index contributed by atoms with van der Waals surface area (Å²) in [7, 11) is -1.68. The summed E-state index contributed by atoms with van der Waals surface area (Å²) in [6.07, 6.45) is 1.52. The van der Waals surface area contributed by atoms with Gasteiger partial charge in [0.15, 0.2) is 0 Å². The molecular formula is C13H19N3O2S2. The van der Waals surface area contributed by atoms with Crippen molar-refractivity contribution in [3.63, 3.8) is 0 Å². The first kappa shape index (κ1) is 15.2. The molecule has 7 heteroatoms. The third-order valence-electron chi connectivity index (χ3n) is 2.91. The van der Waals surface area contributed by atoms with Crippen molar-refractivity contribution < 1.29 is 8.42 Å². The molecule has 110 valence electrons. The number of H-pyrrole nitrogens is 1. The van der Waals surface area contributed by atoms with Crippen molar-refractivity contribution in [1.82, 2.24) is 15.0 Å². The number of aryl methyl sites for hydroxylation is 1. The first-order valence-corrected chi connectivity index (χ1v) is 8.63. The van der Waals surface area contributed by atoms with E-state index in [4.69, 9.17) is 0 Å². The van der Waals surface area contributed by atoms with E-state index in [2.05, 4.69) is 15.0 Å². The summed E-state index contributed by atoms with van der Waals surface area (Å²) in [6.45, 7) is 4.46. The van der Waals surface area contributed by atoms with Crippen LogP contribution in [-0.2, 0) is 16.6 Å². The van der Waals surface area contributed by atoms with Gasteiger partial charge in [0, 0.05) is 28.2 Å². The molecule has 2 heterocycles. The standard InChI is InChI=1S/C13H19N3O2S2/c1-9-4-5-13(19-9)10(2)16-20(17,18)12-6-11(7-14-3)15-8-12/h4-6,8,10,14-16H,7H2,1-3H3. The predicted molar refractivity (Wildman–Crippen MR) is 81.3 cm³/mol. The molecule has 0 fully saturated rings. The Morgan fingerprint density at radius 1 is 1.40 bits per heavy atom. The molecule has 0 saturated carbocycles. The fourth-order valence-corrected chi connectivity index (χ4v) is 4.11. The topological polar surface area (TPSA) is 74.0 Å². The average Bonchev–Trinajstić information content (AvgIpc) is 2.98. The van der Waals surface area contributed by atoms with Crippen LogP contribution in [0.5, 0.6) is 0 Å². The van der Waals surface area contributed by atoms with Crippen molar-refractivity contribution in [3.8, 4) is 0 Å². The molecule has 1 atom stereocenters. The highest BCUT2D eigenvalue weighted by Crippen LogP contribution is 2.24. The smallest absolute Gasteiger partial charge is 0.242 e. The lowest BCUT2D eigenvalue weighted by Gasteiger charge is -2.11. The van der Waals surface area contributed by atoms with E-state index in [9.17, 15) is 8.42 Å². The molecule has 2 rings (SSSR count). The van der Waals surface area contributed by atoms with Crippen molar-refractivity contribution in [1.29, 1.82) is 0 Å². The minimum atomic E-state index is -3.50. The van der Waals surface area contributed by atoms with Crippen molar-refractivity contribution in [2.24, 2.45) is 0 Å². The van der Waals surface area contributed by atoms with Crippen LogP contribution in [0, 0.1) is 6.92 Å². The van der Waals surface area contributed by atoms with Gasteiger partial charge in [-0.1, -0.05) is 0 Å². The van der Waals surface area contributed by atoms with E-state index in [0.29, 0.717) is 6.54 Å². The molecule has 0 radical (unpaired) electrons. The summed E-state index contributed by atoms with van der Waals surface area (Å²) in [5.74, 6) is 0. The second kappa shape index (κ2) is 6.09.